The summed E-state index contributed by atoms with van der Waals surface area (Å²) in [7, 11) is 0. The molecule has 0 aliphatic heterocycles. The summed E-state index contributed by atoms with van der Waals surface area (Å²) in [4.78, 5) is 0. The molecule has 2 N–H and O–H groups in total. The SMILES string of the molecule is OC12CC3CC(C1)CC(NC/C=C/c1ccc(Cl)cc1)(C3)C2. The summed E-state index contributed by atoms with van der Waals surface area (Å²) in [5.41, 5.74) is 0.982. The third kappa shape index (κ3) is 2.84. The van der Waals surface area contributed by atoms with Gasteiger partial charge in [0.1, 0.15) is 0 Å². The van der Waals surface area contributed by atoms with Gasteiger partial charge in [-0.1, -0.05) is 35.9 Å². The van der Waals surface area contributed by atoms with Crippen LogP contribution in [0, 0.1) is 11.8 Å². The monoisotopic (exact) mass is 317 g/mol. The number of aliphatic hydroxyl groups is 1. The van der Waals surface area contributed by atoms with Crippen LogP contribution in [-0.2, 0) is 0 Å². The van der Waals surface area contributed by atoms with Crippen molar-refractivity contribution in [2.24, 2.45) is 11.8 Å². The molecule has 2 unspecified atom stereocenters. The molecule has 4 fully saturated rings. The highest BCUT2D eigenvalue weighted by Gasteiger charge is 2.56. The molecule has 4 aliphatic carbocycles. The third-order valence-corrected chi connectivity index (χ3v) is 6.06. The molecule has 0 aromatic heterocycles. The zero-order valence-electron chi connectivity index (χ0n) is 12.9. The van der Waals surface area contributed by atoms with E-state index in [0.29, 0.717) is 0 Å². The summed E-state index contributed by atoms with van der Waals surface area (Å²) in [6.45, 7) is 0.873. The largest absolute Gasteiger partial charge is 0.390 e. The summed E-state index contributed by atoms with van der Waals surface area (Å²) >= 11 is 5.90. The van der Waals surface area contributed by atoms with Crippen molar-refractivity contribution in [2.45, 2.75) is 49.7 Å². The van der Waals surface area contributed by atoms with Gasteiger partial charge in [0.25, 0.3) is 0 Å². The van der Waals surface area contributed by atoms with Crippen molar-refractivity contribution in [3.05, 3.63) is 40.9 Å². The van der Waals surface area contributed by atoms with Gasteiger partial charge in [-0.3, -0.25) is 0 Å². The predicted octanol–water partition coefficient (Wildman–Crippen LogP) is 4.03. The van der Waals surface area contributed by atoms with E-state index in [2.05, 4.69) is 17.5 Å². The van der Waals surface area contributed by atoms with E-state index in [4.69, 9.17) is 11.6 Å². The van der Waals surface area contributed by atoms with E-state index >= 15 is 0 Å². The summed E-state index contributed by atoms with van der Waals surface area (Å²) in [6.07, 6.45) is 11.2. The van der Waals surface area contributed by atoms with Gasteiger partial charge in [-0.2, -0.15) is 0 Å². The molecule has 118 valence electrons. The second-order valence-corrected chi connectivity index (χ2v) is 8.24. The third-order valence-electron chi connectivity index (χ3n) is 5.81. The van der Waals surface area contributed by atoms with Crippen LogP contribution in [0.15, 0.2) is 30.3 Å². The van der Waals surface area contributed by atoms with Crippen molar-refractivity contribution in [1.29, 1.82) is 0 Å². The lowest BCUT2D eigenvalue weighted by Gasteiger charge is -2.60. The van der Waals surface area contributed by atoms with Crippen LogP contribution in [0.2, 0.25) is 5.02 Å². The lowest BCUT2D eigenvalue weighted by molar-refractivity contribution is -0.141. The average Bonchev–Trinajstić information content (AvgIpc) is 2.43. The molecule has 4 bridgehead atoms. The van der Waals surface area contributed by atoms with Crippen LogP contribution in [-0.4, -0.2) is 22.8 Å². The first-order chi connectivity index (χ1) is 10.5. The number of halogens is 1. The molecule has 1 aromatic carbocycles. The maximum atomic E-state index is 10.8. The predicted molar refractivity (Wildman–Crippen MR) is 90.9 cm³/mol. The molecule has 0 amide bonds. The van der Waals surface area contributed by atoms with Gasteiger partial charge in [-0.25, -0.2) is 0 Å². The van der Waals surface area contributed by atoms with Crippen molar-refractivity contribution in [3.8, 4) is 0 Å². The highest BCUT2D eigenvalue weighted by atomic mass is 35.5. The fourth-order valence-corrected chi connectivity index (χ4v) is 5.59. The minimum absolute atomic E-state index is 0.184. The first-order valence-corrected chi connectivity index (χ1v) is 8.82. The quantitative estimate of drug-likeness (QED) is 0.879. The summed E-state index contributed by atoms with van der Waals surface area (Å²) in [6, 6.07) is 7.91. The molecule has 4 saturated carbocycles. The maximum absolute atomic E-state index is 10.8. The Bertz CT molecular complexity index is 566. The van der Waals surface area contributed by atoms with E-state index in [0.717, 1.165) is 42.7 Å². The molecule has 0 saturated heterocycles. The Kier molecular flexibility index (Phi) is 3.60. The molecule has 1 aromatic rings. The van der Waals surface area contributed by atoms with E-state index in [1.54, 1.807) is 0 Å². The van der Waals surface area contributed by atoms with E-state index in [1.807, 2.05) is 24.3 Å². The van der Waals surface area contributed by atoms with E-state index in [-0.39, 0.29) is 11.1 Å². The van der Waals surface area contributed by atoms with Crippen molar-refractivity contribution >= 4 is 17.7 Å². The fraction of sp³-hybridized carbons (Fsp3) is 0.579. The molecular formula is C19H24ClNO. The first kappa shape index (κ1) is 14.7. The highest BCUT2D eigenvalue weighted by Crippen LogP contribution is 2.57. The Morgan fingerprint density at radius 1 is 1.14 bits per heavy atom. The number of rotatable bonds is 4. The summed E-state index contributed by atoms with van der Waals surface area (Å²) < 4.78 is 0. The number of benzene rings is 1. The molecule has 2 atom stereocenters. The summed E-state index contributed by atoms with van der Waals surface area (Å²) in [5, 5.41) is 15.3. The van der Waals surface area contributed by atoms with Crippen LogP contribution in [0.3, 0.4) is 0 Å². The van der Waals surface area contributed by atoms with Gasteiger partial charge < -0.3 is 10.4 Å². The van der Waals surface area contributed by atoms with Gasteiger partial charge in [0.2, 0.25) is 0 Å². The van der Waals surface area contributed by atoms with Gasteiger partial charge in [-0.15, -0.1) is 0 Å². The van der Waals surface area contributed by atoms with Gasteiger partial charge in [0.15, 0.2) is 0 Å². The normalized spacial score (nSPS) is 39.7. The highest BCUT2D eigenvalue weighted by molar-refractivity contribution is 6.30. The van der Waals surface area contributed by atoms with Crippen LogP contribution in [0.5, 0.6) is 0 Å². The molecule has 22 heavy (non-hydrogen) atoms. The zero-order valence-corrected chi connectivity index (χ0v) is 13.6. The average molecular weight is 318 g/mol. The van der Waals surface area contributed by atoms with Crippen molar-refractivity contribution < 1.29 is 5.11 Å². The minimum atomic E-state index is -0.378. The Labute approximate surface area is 137 Å². The van der Waals surface area contributed by atoms with E-state index in [9.17, 15) is 5.11 Å². The van der Waals surface area contributed by atoms with Crippen LogP contribution < -0.4 is 5.32 Å². The standard InChI is InChI=1S/C19H24ClNO/c20-17-5-3-14(4-6-17)2-1-7-21-18-9-15-8-16(10-18)12-19(22,11-15)13-18/h1-6,15-16,21-22H,7-13H2/b2-1+. The van der Waals surface area contributed by atoms with Crippen molar-refractivity contribution in [2.75, 3.05) is 6.54 Å². The number of hydrogen-bond acceptors (Lipinski definition) is 2. The second-order valence-electron chi connectivity index (χ2n) is 7.80. The Balaban J connectivity index is 1.38. The maximum Gasteiger partial charge on any atom is 0.0670 e. The smallest absolute Gasteiger partial charge is 0.0670 e. The van der Waals surface area contributed by atoms with Crippen LogP contribution in [0.4, 0.5) is 0 Å². The minimum Gasteiger partial charge on any atom is -0.390 e. The summed E-state index contributed by atoms with van der Waals surface area (Å²) in [5.74, 6) is 1.47. The second kappa shape index (κ2) is 5.36. The molecule has 0 radical (unpaired) electrons. The zero-order chi connectivity index (χ0) is 15.2. The van der Waals surface area contributed by atoms with Gasteiger partial charge in [0, 0.05) is 17.1 Å². The Hall–Kier alpha value is -0.830. The molecule has 3 heteroatoms. The van der Waals surface area contributed by atoms with Gasteiger partial charge in [0.05, 0.1) is 5.60 Å². The van der Waals surface area contributed by atoms with Crippen molar-refractivity contribution in [1.82, 2.24) is 5.32 Å². The molecule has 4 aliphatic rings. The van der Waals surface area contributed by atoms with E-state index in [1.165, 1.54) is 24.8 Å². The Morgan fingerprint density at radius 3 is 2.45 bits per heavy atom. The van der Waals surface area contributed by atoms with Crippen molar-refractivity contribution in [3.63, 3.8) is 0 Å². The molecule has 5 rings (SSSR count). The number of nitrogens with one attached hydrogen (secondary N) is 1. The molecular weight excluding hydrogens is 294 g/mol. The number of hydrogen-bond donors (Lipinski definition) is 2. The lowest BCUT2D eigenvalue weighted by atomic mass is 9.51. The fourth-order valence-electron chi connectivity index (χ4n) is 5.47. The van der Waals surface area contributed by atoms with Crippen LogP contribution in [0.25, 0.3) is 6.08 Å². The van der Waals surface area contributed by atoms with Crippen LogP contribution >= 0.6 is 11.6 Å². The molecule has 2 nitrogen and oxygen atoms in total. The lowest BCUT2D eigenvalue weighted by Crippen LogP contribution is -2.64. The Morgan fingerprint density at radius 2 is 1.82 bits per heavy atom. The topological polar surface area (TPSA) is 32.3 Å². The van der Waals surface area contributed by atoms with E-state index < -0.39 is 0 Å². The van der Waals surface area contributed by atoms with Gasteiger partial charge in [-0.05, 0) is 68.1 Å². The first-order valence-electron chi connectivity index (χ1n) is 8.44. The van der Waals surface area contributed by atoms with Gasteiger partial charge >= 0.3 is 0 Å². The van der Waals surface area contributed by atoms with Crippen LogP contribution in [0.1, 0.15) is 44.1 Å². The molecule has 0 heterocycles. The molecule has 0 spiro atoms.